The van der Waals surface area contributed by atoms with Gasteiger partial charge in [0, 0.05) is 0 Å². The normalized spacial score (nSPS) is 11.7. The first-order valence-electron chi connectivity index (χ1n) is 6.83. The van der Waals surface area contributed by atoms with Crippen LogP contribution in [0.5, 0.6) is 0 Å². The van der Waals surface area contributed by atoms with Crippen molar-refractivity contribution in [2.75, 3.05) is 0 Å². The molecule has 0 aromatic carbocycles. The van der Waals surface area contributed by atoms with Gasteiger partial charge in [-0.25, -0.2) is 0 Å². The van der Waals surface area contributed by atoms with E-state index >= 15 is 0 Å². The SMILES string of the molecule is CCCC=C[CH]CCC(CCC)CCC. The first-order valence-corrected chi connectivity index (χ1v) is 6.83. The largest absolute Gasteiger partial charge is 0.0882 e. The Hall–Kier alpha value is -0.260. The monoisotopic (exact) mass is 209 g/mol. The predicted molar refractivity (Wildman–Crippen MR) is 70.9 cm³/mol. The summed E-state index contributed by atoms with van der Waals surface area (Å²) < 4.78 is 0. The van der Waals surface area contributed by atoms with Crippen LogP contribution in [0.25, 0.3) is 0 Å². The smallest absolute Gasteiger partial charge is 0.0170 e. The van der Waals surface area contributed by atoms with E-state index in [1.807, 2.05) is 0 Å². The van der Waals surface area contributed by atoms with E-state index in [0.29, 0.717) is 0 Å². The van der Waals surface area contributed by atoms with Gasteiger partial charge in [-0.15, -0.1) is 0 Å². The average Bonchev–Trinajstić information content (AvgIpc) is 2.24. The van der Waals surface area contributed by atoms with Crippen molar-refractivity contribution in [3.05, 3.63) is 18.6 Å². The van der Waals surface area contributed by atoms with Crippen molar-refractivity contribution >= 4 is 0 Å². The molecule has 1 radical (unpaired) electrons. The van der Waals surface area contributed by atoms with Gasteiger partial charge in [-0.3, -0.25) is 0 Å². The highest BCUT2D eigenvalue weighted by Crippen LogP contribution is 2.19. The highest BCUT2D eigenvalue weighted by Gasteiger charge is 2.05. The van der Waals surface area contributed by atoms with Gasteiger partial charge in [-0.2, -0.15) is 0 Å². The zero-order valence-electron chi connectivity index (χ0n) is 11.0. The second-order valence-electron chi connectivity index (χ2n) is 4.47. The number of hydrogen-bond acceptors (Lipinski definition) is 0. The van der Waals surface area contributed by atoms with Gasteiger partial charge >= 0.3 is 0 Å². The lowest BCUT2D eigenvalue weighted by atomic mass is 9.93. The van der Waals surface area contributed by atoms with Gasteiger partial charge < -0.3 is 0 Å². The molecule has 0 heterocycles. The van der Waals surface area contributed by atoms with Crippen molar-refractivity contribution < 1.29 is 0 Å². The molecule has 0 bridgehead atoms. The molecule has 0 aliphatic carbocycles. The lowest BCUT2D eigenvalue weighted by Crippen LogP contribution is -1.99. The molecule has 0 aromatic heterocycles. The number of rotatable bonds is 10. The Bertz CT molecular complexity index is 129. The van der Waals surface area contributed by atoms with Crippen LogP contribution in [-0.4, -0.2) is 0 Å². The predicted octanol–water partition coefficient (Wildman–Crippen LogP) is 5.54. The minimum absolute atomic E-state index is 0.968. The summed E-state index contributed by atoms with van der Waals surface area (Å²) in [6.07, 6.45) is 17.5. The molecule has 0 atom stereocenters. The van der Waals surface area contributed by atoms with Crippen LogP contribution in [-0.2, 0) is 0 Å². The molecule has 0 unspecified atom stereocenters. The zero-order chi connectivity index (χ0) is 11.4. The molecule has 0 aromatic rings. The molecule has 0 fully saturated rings. The van der Waals surface area contributed by atoms with Crippen LogP contribution in [0.4, 0.5) is 0 Å². The van der Waals surface area contributed by atoms with Crippen LogP contribution in [0, 0.1) is 12.3 Å². The summed E-state index contributed by atoms with van der Waals surface area (Å²) >= 11 is 0. The third kappa shape index (κ3) is 10.0. The molecular formula is C15H29. The van der Waals surface area contributed by atoms with Crippen molar-refractivity contribution in [1.82, 2.24) is 0 Å². The number of hydrogen-bond donors (Lipinski definition) is 0. The van der Waals surface area contributed by atoms with Crippen LogP contribution in [0.2, 0.25) is 0 Å². The summed E-state index contributed by atoms with van der Waals surface area (Å²) in [4.78, 5) is 0. The first-order chi connectivity index (χ1) is 7.35. The third-order valence-electron chi connectivity index (χ3n) is 2.86. The van der Waals surface area contributed by atoms with E-state index < -0.39 is 0 Å². The minimum Gasteiger partial charge on any atom is -0.0882 e. The Morgan fingerprint density at radius 3 is 2.00 bits per heavy atom. The Morgan fingerprint density at radius 2 is 1.47 bits per heavy atom. The van der Waals surface area contributed by atoms with Gasteiger partial charge in [0.1, 0.15) is 0 Å². The summed E-state index contributed by atoms with van der Waals surface area (Å²) in [5, 5.41) is 0. The molecule has 0 rings (SSSR count). The first kappa shape index (κ1) is 14.7. The van der Waals surface area contributed by atoms with E-state index in [-0.39, 0.29) is 0 Å². The van der Waals surface area contributed by atoms with E-state index in [9.17, 15) is 0 Å². The molecule has 0 saturated heterocycles. The topological polar surface area (TPSA) is 0 Å². The van der Waals surface area contributed by atoms with E-state index in [2.05, 4.69) is 39.3 Å². The second-order valence-corrected chi connectivity index (χ2v) is 4.47. The molecule has 0 spiro atoms. The summed E-state index contributed by atoms with van der Waals surface area (Å²) in [6, 6.07) is 0. The number of allylic oxidation sites excluding steroid dienone is 2. The fraction of sp³-hybridized carbons (Fsp3) is 0.800. The maximum atomic E-state index is 2.34. The summed E-state index contributed by atoms with van der Waals surface area (Å²) in [7, 11) is 0. The molecule has 15 heavy (non-hydrogen) atoms. The van der Waals surface area contributed by atoms with E-state index in [0.717, 1.165) is 5.92 Å². The lowest BCUT2D eigenvalue weighted by Gasteiger charge is -2.13. The lowest BCUT2D eigenvalue weighted by molar-refractivity contribution is 0.411. The molecule has 0 aliphatic heterocycles. The van der Waals surface area contributed by atoms with Gasteiger partial charge in [-0.1, -0.05) is 65.0 Å². The summed E-state index contributed by atoms with van der Waals surface area (Å²) in [6.45, 7) is 6.82. The molecule has 89 valence electrons. The molecule has 0 amide bonds. The van der Waals surface area contributed by atoms with Crippen LogP contribution in [0.1, 0.15) is 72.1 Å². The average molecular weight is 209 g/mol. The molecule has 0 N–H and O–H groups in total. The van der Waals surface area contributed by atoms with Crippen molar-refractivity contribution in [2.24, 2.45) is 5.92 Å². The molecule has 0 saturated carbocycles. The Balaban J connectivity index is 3.43. The van der Waals surface area contributed by atoms with E-state index in [1.54, 1.807) is 0 Å². The fourth-order valence-electron chi connectivity index (χ4n) is 2.04. The van der Waals surface area contributed by atoms with E-state index in [4.69, 9.17) is 0 Å². The van der Waals surface area contributed by atoms with Crippen molar-refractivity contribution in [1.29, 1.82) is 0 Å². The molecule has 0 aliphatic rings. The van der Waals surface area contributed by atoms with E-state index in [1.165, 1.54) is 51.4 Å². The second kappa shape index (κ2) is 11.8. The van der Waals surface area contributed by atoms with Crippen molar-refractivity contribution in [3.63, 3.8) is 0 Å². The molecule has 0 heteroatoms. The van der Waals surface area contributed by atoms with Crippen LogP contribution >= 0.6 is 0 Å². The summed E-state index contributed by atoms with van der Waals surface area (Å²) in [5.41, 5.74) is 0. The molecule has 0 nitrogen and oxygen atoms in total. The van der Waals surface area contributed by atoms with Gasteiger partial charge in [0.2, 0.25) is 0 Å². The minimum atomic E-state index is 0.968. The Labute approximate surface area is 97.2 Å². The van der Waals surface area contributed by atoms with Gasteiger partial charge in [-0.05, 0) is 31.6 Å². The van der Waals surface area contributed by atoms with Gasteiger partial charge in [0.25, 0.3) is 0 Å². The Morgan fingerprint density at radius 1 is 0.800 bits per heavy atom. The fourth-order valence-corrected chi connectivity index (χ4v) is 2.04. The Kier molecular flexibility index (Phi) is 11.6. The summed E-state index contributed by atoms with van der Waals surface area (Å²) in [5.74, 6) is 0.968. The standard InChI is InChI=1S/C15H29/c1-4-7-8-9-10-11-14-15(12-5-2)13-6-3/h8-10,15H,4-7,11-14H2,1-3H3. The number of unbranched alkanes of at least 4 members (excludes halogenated alkanes) is 2. The third-order valence-corrected chi connectivity index (χ3v) is 2.86. The van der Waals surface area contributed by atoms with Crippen LogP contribution < -0.4 is 0 Å². The zero-order valence-corrected chi connectivity index (χ0v) is 11.0. The highest BCUT2D eigenvalue weighted by molar-refractivity contribution is 4.94. The van der Waals surface area contributed by atoms with Crippen LogP contribution in [0.3, 0.4) is 0 Å². The van der Waals surface area contributed by atoms with Crippen molar-refractivity contribution in [2.45, 2.75) is 72.1 Å². The van der Waals surface area contributed by atoms with Crippen molar-refractivity contribution in [3.8, 4) is 0 Å². The van der Waals surface area contributed by atoms with Crippen LogP contribution in [0.15, 0.2) is 12.2 Å². The van der Waals surface area contributed by atoms with Gasteiger partial charge in [0.05, 0.1) is 0 Å². The molecular weight excluding hydrogens is 180 g/mol. The van der Waals surface area contributed by atoms with Gasteiger partial charge in [0.15, 0.2) is 0 Å². The quantitative estimate of drug-likeness (QED) is 0.414. The maximum absolute atomic E-state index is 2.34. The maximum Gasteiger partial charge on any atom is -0.0170 e. The highest BCUT2D eigenvalue weighted by atomic mass is 14.1.